The number of aromatic nitrogens is 1. The first-order chi connectivity index (χ1) is 9.14. The maximum absolute atomic E-state index is 12.2. The Morgan fingerprint density at radius 1 is 1.37 bits per heavy atom. The van der Waals surface area contributed by atoms with Gasteiger partial charge in [0.1, 0.15) is 5.54 Å². The van der Waals surface area contributed by atoms with Gasteiger partial charge in [-0.15, -0.1) is 0 Å². The van der Waals surface area contributed by atoms with E-state index in [9.17, 15) is 9.59 Å². The predicted molar refractivity (Wildman–Crippen MR) is 71.1 cm³/mol. The van der Waals surface area contributed by atoms with E-state index in [1.165, 1.54) is 0 Å². The Morgan fingerprint density at radius 3 is 2.68 bits per heavy atom. The fourth-order valence-corrected chi connectivity index (χ4v) is 2.64. The zero-order valence-corrected chi connectivity index (χ0v) is 11.3. The van der Waals surface area contributed by atoms with Crippen molar-refractivity contribution >= 4 is 11.8 Å². The number of piperazine rings is 1. The van der Waals surface area contributed by atoms with Crippen molar-refractivity contribution in [1.82, 2.24) is 15.2 Å². The molecule has 0 saturated carbocycles. The number of amides is 2. The van der Waals surface area contributed by atoms with E-state index in [1.807, 2.05) is 26.0 Å². The lowest BCUT2D eigenvalue weighted by Gasteiger charge is -2.45. The van der Waals surface area contributed by atoms with E-state index in [0.717, 1.165) is 5.56 Å². The highest BCUT2D eigenvalue weighted by Gasteiger charge is 2.46. The maximum Gasteiger partial charge on any atom is 0.246 e. The lowest BCUT2D eigenvalue weighted by molar-refractivity contribution is -0.155. The predicted octanol–water partition coefficient (Wildman–Crippen LogP) is 1.10. The van der Waals surface area contributed by atoms with Gasteiger partial charge in [0.15, 0.2) is 0 Å². The molecule has 5 heteroatoms. The summed E-state index contributed by atoms with van der Waals surface area (Å²) in [6.45, 7) is 4.40. The molecule has 19 heavy (non-hydrogen) atoms. The molecule has 0 aliphatic carbocycles. The Balaban J connectivity index is 2.32. The van der Waals surface area contributed by atoms with Crippen molar-refractivity contribution in [2.75, 3.05) is 6.54 Å². The van der Waals surface area contributed by atoms with Crippen molar-refractivity contribution in [3.63, 3.8) is 0 Å². The Morgan fingerprint density at radius 2 is 2.11 bits per heavy atom. The number of nitrogens with one attached hydrogen (secondary N) is 1. The average Bonchev–Trinajstić information content (AvgIpc) is 2.45. The molecule has 1 N–H and O–H groups in total. The molecule has 0 bridgehead atoms. The van der Waals surface area contributed by atoms with Gasteiger partial charge in [-0.25, -0.2) is 0 Å². The number of hydrogen-bond acceptors (Lipinski definition) is 3. The van der Waals surface area contributed by atoms with Crippen LogP contribution in [0.15, 0.2) is 24.5 Å². The van der Waals surface area contributed by atoms with E-state index in [-0.39, 0.29) is 18.4 Å². The summed E-state index contributed by atoms with van der Waals surface area (Å²) in [6, 6.07) is 3.76. The topological polar surface area (TPSA) is 62.3 Å². The molecule has 1 aromatic heterocycles. The Kier molecular flexibility index (Phi) is 3.83. The minimum Gasteiger partial charge on any atom is -0.345 e. The van der Waals surface area contributed by atoms with Gasteiger partial charge >= 0.3 is 0 Å². The fourth-order valence-electron chi connectivity index (χ4n) is 2.64. The van der Waals surface area contributed by atoms with Gasteiger partial charge in [0, 0.05) is 18.9 Å². The zero-order valence-electron chi connectivity index (χ0n) is 11.3. The highest BCUT2D eigenvalue weighted by Crippen LogP contribution is 2.28. The summed E-state index contributed by atoms with van der Waals surface area (Å²) in [4.78, 5) is 30.1. The van der Waals surface area contributed by atoms with Crippen LogP contribution in [0.1, 0.15) is 32.3 Å². The largest absolute Gasteiger partial charge is 0.345 e. The van der Waals surface area contributed by atoms with Crippen molar-refractivity contribution in [2.24, 2.45) is 0 Å². The number of carbonyl (C=O) groups is 2. The van der Waals surface area contributed by atoms with Crippen molar-refractivity contribution in [1.29, 1.82) is 0 Å². The van der Waals surface area contributed by atoms with Crippen LogP contribution >= 0.6 is 0 Å². The van der Waals surface area contributed by atoms with Crippen molar-refractivity contribution in [3.8, 4) is 0 Å². The van der Waals surface area contributed by atoms with Gasteiger partial charge in [0.25, 0.3) is 0 Å². The van der Waals surface area contributed by atoms with Gasteiger partial charge in [0.05, 0.1) is 6.54 Å². The summed E-state index contributed by atoms with van der Waals surface area (Å²) in [5.41, 5.74) is 0.211. The van der Waals surface area contributed by atoms with Gasteiger partial charge < -0.3 is 10.2 Å². The van der Waals surface area contributed by atoms with Gasteiger partial charge in [-0.05, 0) is 24.5 Å². The molecule has 1 aliphatic rings. The van der Waals surface area contributed by atoms with Crippen molar-refractivity contribution in [3.05, 3.63) is 30.1 Å². The smallest absolute Gasteiger partial charge is 0.246 e. The highest BCUT2D eigenvalue weighted by molar-refractivity contribution is 5.97. The van der Waals surface area contributed by atoms with E-state index in [0.29, 0.717) is 19.4 Å². The van der Waals surface area contributed by atoms with Crippen LogP contribution in [0, 0.1) is 0 Å². The molecule has 1 fully saturated rings. The molecule has 2 heterocycles. The molecule has 2 rings (SSSR count). The van der Waals surface area contributed by atoms with E-state index < -0.39 is 5.54 Å². The first-order valence-electron chi connectivity index (χ1n) is 6.61. The molecule has 1 saturated heterocycles. The van der Waals surface area contributed by atoms with Gasteiger partial charge in [-0.2, -0.15) is 0 Å². The third-order valence-corrected chi connectivity index (χ3v) is 3.87. The second-order valence-corrected chi connectivity index (χ2v) is 4.76. The van der Waals surface area contributed by atoms with Crippen LogP contribution in [0.5, 0.6) is 0 Å². The molecule has 5 nitrogen and oxygen atoms in total. The van der Waals surface area contributed by atoms with Crippen LogP contribution < -0.4 is 5.32 Å². The molecule has 0 radical (unpaired) electrons. The van der Waals surface area contributed by atoms with E-state index in [2.05, 4.69) is 10.3 Å². The zero-order chi connectivity index (χ0) is 13.9. The van der Waals surface area contributed by atoms with E-state index in [4.69, 9.17) is 0 Å². The number of hydrogen-bond donors (Lipinski definition) is 1. The molecule has 102 valence electrons. The summed E-state index contributed by atoms with van der Waals surface area (Å²) in [5.74, 6) is -0.0897. The summed E-state index contributed by atoms with van der Waals surface area (Å²) < 4.78 is 0. The molecular formula is C14H19N3O2. The molecule has 0 aromatic carbocycles. The monoisotopic (exact) mass is 261 g/mol. The SMILES string of the molecule is CCC1(CC)C(=O)NCC(=O)N1Cc1cccnc1. The van der Waals surface area contributed by atoms with Crippen LogP contribution in [0.25, 0.3) is 0 Å². The quantitative estimate of drug-likeness (QED) is 0.882. The third kappa shape index (κ3) is 2.32. The summed E-state index contributed by atoms with van der Waals surface area (Å²) in [6.07, 6.45) is 4.65. The molecule has 0 atom stereocenters. The molecular weight excluding hydrogens is 242 g/mol. The standard InChI is InChI=1S/C14H19N3O2/c1-3-14(4-2)13(19)16-9-12(18)17(14)10-11-6-5-7-15-8-11/h5-8H,3-4,9-10H2,1-2H3,(H,16,19). The van der Waals surface area contributed by atoms with Crippen LogP contribution in [0.3, 0.4) is 0 Å². The van der Waals surface area contributed by atoms with Gasteiger partial charge in [-0.3, -0.25) is 14.6 Å². The molecule has 2 amide bonds. The van der Waals surface area contributed by atoms with Crippen LogP contribution in [0.4, 0.5) is 0 Å². The Bertz CT molecular complexity index is 469. The molecule has 0 unspecified atom stereocenters. The van der Waals surface area contributed by atoms with Crippen molar-refractivity contribution in [2.45, 2.75) is 38.8 Å². The minimum absolute atomic E-state index is 0.0350. The number of pyridine rings is 1. The molecule has 1 aliphatic heterocycles. The van der Waals surface area contributed by atoms with Gasteiger partial charge in [0.2, 0.25) is 11.8 Å². The number of carbonyl (C=O) groups excluding carboxylic acids is 2. The highest BCUT2D eigenvalue weighted by atomic mass is 16.2. The first-order valence-corrected chi connectivity index (χ1v) is 6.61. The lowest BCUT2D eigenvalue weighted by Crippen LogP contribution is -2.66. The first kappa shape index (κ1) is 13.5. The summed E-state index contributed by atoms with van der Waals surface area (Å²) in [7, 11) is 0. The third-order valence-electron chi connectivity index (χ3n) is 3.87. The van der Waals surface area contributed by atoms with E-state index >= 15 is 0 Å². The Hall–Kier alpha value is -1.91. The summed E-state index contributed by atoms with van der Waals surface area (Å²) >= 11 is 0. The molecule has 1 aromatic rings. The van der Waals surface area contributed by atoms with Crippen LogP contribution in [-0.2, 0) is 16.1 Å². The van der Waals surface area contributed by atoms with Crippen LogP contribution in [-0.4, -0.2) is 33.8 Å². The normalized spacial score (nSPS) is 18.3. The minimum atomic E-state index is -0.731. The lowest BCUT2D eigenvalue weighted by atomic mass is 9.87. The number of nitrogens with zero attached hydrogens (tertiary/aromatic N) is 2. The fraction of sp³-hybridized carbons (Fsp3) is 0.500. The Labute approximate surface area is 113 Å². The maximum atomic E-state index is 12.2. The van der Waals surface area contributed by atoms with Gasteiger partial charge in [-0.1, -0.05) is 19.9 Å². The number of rotatable bonds is 4. The van der Waals surface area contributed by atoms with E-state index in [1.54, 1.807) is 17.3 Å². The molecule has 0 spiro atoms. The second-order valence-electron chi connectivity index (χ2n) is 4.76. The summed E-state index contributed by atoms with van der Waals surface area (Å²) in [5, 5.41) is 2.69. The van der Waals surface area contributed by atoms with Crippen LogP contribution in [0.2, 0.25) is 0 Å². The second kappa shape index (κ2) is 5.38. The van der Waals surface area contributed by atoms with Crippen molar-refractivity contribution < 1.29 is 9.59 Å². The average molecular weight is 261 g/mol.